The molecular weight excluding hydrogens is 270 g/mol. The van der Waals surface area contributed by atoms with Crippen LogP contribution in [0.3, 0.4) is 0 Å². The van der Waals surface area contributed by atoms with Crippen LogP contribution in [0.15, 0.2) is 34.9 Å². The van der Waals surface area contributed by atoms with Crippen molar-refractivity contribution in [1.29, 1.82) is 0 Å². The van der Waals surface area contributed by atoms with Crippen molar-refractivity contribution in [2.24, 2.45) is 0 Å². The van der Waals surface area contributed by atoms with Crippen LogP contribution in [0.1, 0.15) is 17.3 Å². The third-order valence-corrected chi connectivity index (χ3v) is 2.62. The number of hydrogen-bond acceptors (Lipinski definition) is 3. The molecule has 0 unspecified atom stereocenters. The van der Waals surface area contributed by atoms with E-state index in [-0.39, 0.29) is 5.97 Å². The molecule has 0 fully saturated rings. The smallest absolute Gasteiger partial charge is 0.340 e. The molecule has 0 spiro atoms. The molecule has 0 amide bonds. The topological polar surface area (TPSA) is 39.2 Å². The summed E-state index contributed by atoms with van der Waals surface area (Å²) < 4.78 is 5.83. The number of nitrogens with zero attached hydrogens (tertiary/aromatic N) is 1. The summed E-state index contributed by atoms with van der Waals surface area (Å²) in [5, 5.41) is 0.917. The summed E-state index contributed by atoms with van der Waals surface area (Å²) in [6.07, 6.45) is 1.67. The van der Waals surface area contributed by atoms with Crippen LogP contribution in [0, 0.1) is 0 Å². The van der Waals surface area contributed by atoms with E-state index in [0.29, 0.717) is 17.7 Å². The number of esters is 1. The number of fused-ring (bicyclic) bond motifs is 1. The van der Waals surface area contributed by atoms with Gasteiger partial charge in [0.2, 0.25) is 0 Å². The highest BCUT2D eigenvalue weighted by Crippen LogP contribution is 2.23. The summed E-state index contributed by atoms with van der Waals surface area (Å²) in [4.78, 5) is 15.9. The largest absolute Gasteiger partial charge is 0.462 e. The zero-order valence-electron chi connectivity index (χ0n) is 8.74. The molecule has 3 nitrogen and oxygen atoms in total. The van der Waals surface area contributed by atoms with Crippen LogP contribution < -0.4 is 0 Å². The summed E-state index contributed by atoms with van der Waals surface area (Å²) in [6.45, 7) is 2.14. The predicted molar refractivity (Wildman–Crippen MR) is 65.4 cm³/mol. The highest BCUT2D eigenvalue weighted by atomic mass is 79.9. The fraction of sp³-hybridized carbons (Fsp3) is 0.167. The molecule has 1 heterocycles. The van der Waals surface area contributed by atoms with E-state index in [2.05, 4.69) is 20.9 Å². The normalized spacial score (nSPS) is 10.4. The first kappa shape index (κ1) is 11.1. The molecule has 0 aliphatic carbocycles. The van der Waals surface area contributed by atoms with E-state index in [0.717, 1.165) is 9.86 Å². The molecular formula is C12H10BrNO2. The van der Waals surface area contributed by atoms with E-state index in [1.165, 1.54) is 0 Å². The average Bonchev–Trinajstić information content (AvgIpc) is 2.28. The van der Waals surface area contributed by atoms with Crippen molar-refractivity contribution in [2.45, 2.75) is 6.92 Å². The molecule has 2 aromatic rings. The molecule has 1 aromatic heterocycles. The lowest BCUT2D eigenvalue weighted by Crippen LogP contribution is -2.06. The van der Waals surface area contributed by atoms with Crippen molar-refractivity contribution in [1.82, 2.24) is 4.98 Å². The molecule has 0 radical (unpaired) electrons. The first-order valence-electron chi connectivity index (χ1n) is 4.93. The lowest BCUT2D eigenvalue weighted by Gasteiger charge is -2.05. The van der Waals surface area contributed by atoms with Crippen LogP contribution in [-0.4, -0.2) is 17.6 Å². The van der Waals surface area contributed by atoms with E-state index in [1.54, 1.807) is 19.2 Å². The quantitative estimate of drug-likeness (QED) is 0.793. The van der Waals surface area contributed by atoms with Gasteiger partial charge < -0.3 is 4.74 Å². The average molecular weight is 280 g/mol. The van der Waals surface area contributed by atoms with E-state index in [9.17, 15) is 4.79 Å². The highest BCUT2D eigenvalue weighted by Gasteiger charge is 2.12. The van der Waals surface area contributed by atoms with Crippen molar-refractivity contribution in [3.8, 4) is 0 Å². The first-order valence-corrected chi connectivity index (χ1v) is 5.73. The Hall–Kier alpha value is -1.42. The Morgan fingerprint density at radius 3 is 3.06 bits per heavy atom. The lowest BCUT2D eigenvalue weighted by molar-refractivity contribution is 0.0528. The van der Waals surface area contributed by atoms with Gasteiger partial charge in [-0.2, -0.15) is 0 Å². The van der Waals surface area contributed by atoms with Gasteiger partial charge in [-0.3, -0.25) is 4.98 Å². The Kier molecular flexibility index (Phi) is 3.19. The maximum absolute atomic E-state index is 11.7. The molecule has 0 atom stereocenters. The van der Waals surface area contributed by atoms with Crippen molar-refractivity contribution < 1.29 is 9.53 Å². The summed E-state index contributed by atoms with van der Waals surface area (Å²) in [7, 11) is 0. The van der Waals surface area contributed by atoms with Gasteiger partial charge in [0.25, 0.3) is 0 Å². The Morgan fingerprint density at radius 2 is 2.31 bits per heavy atom. The number of carbonyl (C=O) groups is 1. The van der Waals surface area contributed by atoms with Crippen molar-refractivity contribution in [2.75, 3.05) is 6.61 Å². The predicted octanol–water partition coefficient (Wildman–Crippen LogP) is 3.17. The standard InChI is InChI=1S/C12H10BrNO2/c1-2-16-12(15)10-7-9(13)6-8-4-3-5-14-11(8)10/h3-7H,2H2,1H3. The SMILES string of the molecule is CCOC(=O)c1cc(Br)cc2cccnc12. The monoisotopic (exact) mass is 279 g/mol. The summed E-state index contributed by atoms with van der Waals surface area (Å²) in [5.41, 5.74) is 1.16. The van der Waals surface area contributed by atoms with Crippen LogP contribution in [0.25, 0.3) is 10.9 Å². The van der Waals surface area contributed by atoms with Crippen LogP contribution in [0.5, 0.6) is 0 Å². The maximum atomic E-state index is 11.7. The minimum absolute atomic E-state index is 0.340. The molecule has 16 heavy (non-hydrogen) atoms. The second kappa shape index (κ2) is 4.61. The fourth-order valence-electron chi connectivity index (χ4n) is 1.52. The number of carbonyl (C=O) groups excluding carboxylic acids is 1. The van der Waals surface area contributed by atoms with Crippen LogP contribution >= 0.6 is 15.9 Å². The van der Waals surface area contributed by atoms with Gasteiger partial charge in [0.15, 0.2) is 0 Å². The third kappa shape index (κ3) is 2.07. The zero-order chi connectivity index (χ0) is 11.5. The molecule has 0 saturated carbocycles. The van der Waals surface area contributed by atoms with Gasteiger partial charge in [-0.25, -0.2) is 4.79 Å². The number of benzene rings is 1. The van der Waals surface area contributed by atoms with Gasteiger partial charge in [0.05, 0.1) is 17.7 Å². The van der Waals surface area contributed by atoms with Gasteiger partial charge in [-0.1, -0.05) is 22.0 Å². The number of halogens is 1. The Labute approximate surface area is 102 Å². The third-order valence-electron chi connectivity index (χ3n) is 2.17. The molecule has 1 aromatic carbocycles. The van der Waals surface area contributed by atoms with E-state index >= 15 is 0 Å². The van der Waals surface area contributed by atoms with Crippen LogP contribution in [0.2, 0.25) is 0 Å². The molecule has 0 N–H and O–H groups in total. The van der Waals surface area contributed by atoms with Gasteiger partial charge in [0.1, 0.15) is 0 Å². The molecule has 2 rings (SSSR count). The minimum atomic E-state index is -0.340. The second-order valence-electron chi connectivity index (χ2n) is 3.25. The van der Waals surface area contributed by atoms with Crippen molar-refractivity contribution in [3.63, 3.8) is 0 Å². The molecule has 0 bridgehead atoms. The zero-order valence-corrected chi connectivity index (χ0v) is 10.3. The number of pyridine rings is 1. The fourth-order valence-corrected chi connectivity index (χ4v) is 2.00. The molecule has 0 aliphatic heterocycles. The van der Waals surface area contributed by atoms with E-state index < -0.39 is 0 Å². The molecule has 4 heteroatoms. The number of rotatable bonds is 2. The summed E-state index contributed by atoms with van der Waals surface area (Å²) in [6, 6.07) is 7.40. The van der Waals surface area contributed by atoms with Gasteiger partial charge in [-0.05, 0) is 25.1 Å². The minimum Gasteiger partial charge on any atom is -0.462 e. The van der Waals surface area contributed by atoms with Gasteiger partial charge >= 0.3 is 5.97 Å². The first-order chi connectivity index (χ1) is 7.72. The number of hydrogen-bond donors (Lipinski definition) is 0. The summed E-state index contributed by atoms with van der Waals surface area (Å²) >= 11 is 3.37. The number of ether oxygens (including phenoxy) is 1. The number of aromatic nitrogens is 1. The van der Waals surface area contributed by atoms with Crippen LogP contribution in [-0.2, 0) is 4.74 Å². The highest BCUT2D eigenvalue weighted by molar-refractivity contribution is 9.10. The Balaban J connectivity index is 2.63. The Bertz CT molecular complexity index is 540. The lowest BCUT2D eigenvalue weighted by atomic mass is 10.1. The molecule has 0 aliphatic rings. The van der Waals surface area contributed by atoms with E-state index in [1.807, 2.05) is 18.2 Å². The Morgan fingerprint density at radius 1 is 1.50 bits per heavy atom. The van der Waals surface area contributed by atoms with E-state index in [4.69, 9.17) is 4.74 Å². The van der Waals surface area contributed by atoms with Crippen molar-refractivity contribution >= 4 is 32.8 Å². The van der Waals surface area contributed by atoms with Crippen molar-refractivity contribution in [3.05, 3.63) is 40.5 Å². The maximum Gasteiger partial charge on any atom is 0.340 e. The van der Waals surface area contributed by atoms with Crippen LogP contribution in [0.4, 0.5) is 0 Å². The van der Waals surface area contributed by atoms with Gasteiger partial charge in [0, 0.05) is 16.1 Å². The summed E-state index contributed by atoms with van der Waals surface area (Å²) in [5.74, 6) is -0.340. The second-order valence-corrected chi connectivity index (χ2v) is 4.16. The van der Waals surface area contributed by atoms with Gasteiger partial charge in [-0.15, -0.1) is 0 Å². The molecule has 82 valence electrons. The molecule has 0 saturated heterocycles.